The molecule has 0 spiro atoms. The zero-order valence-electron chi connectivity index (χ0n) is 10.2. The van der Waals surface area contributed by atoms with E-state index in [1.807, 2.05) is 6.92 Å². The van der Waals surface area contributed by atoms with Crippen LogP contribution in [0.1, 0.15) is 19.8 Å². The first-order chi connectivity index (χ1) is 7.86. The molecule has 0 aliphatic carbocycles. The standard InChI is InChI=1S/C11H19NO4S/c1-11(10(13)16-2)5-9(6-12-11)8-3-4-17(14,15)7-8/h8-9,12H,3-7H2,1-2H3. The quantitative estimate of drug-likeness (QED) is 0.706. The van der Waals surface area contributed by atoms with E-state index in [-0.39, 0.29) is 23.6 Å². The molecule has 6 heteroatoms. The molecule has 0 amide bonds. The van der Waals surface area contributed by atoms with E-state index < -0.39 is 15.4 Å². The largest absolute Gasteiger partial charge is 0.468 e. The molecular formula is C11H19NO4S. The summed E-state index contributed by atoms with van der Waals surface area (Å²) in [6.07, 6.45) is 1.39. The second-order valence-corrected chi connectivity index (χ2v) is 7.56. The monoisotopic (exact) mass is 261 g/mol. The lowest BCUT2D eigenvalue weighted by Gasteiger charge is -2.22. The molecule has 0 aromatic carbocycles. The van der Waals surface area contributed by atoms with Gasteiger partial charge in [0.25, 0.3) is 0 Å². The molecule has 2 saturated heterocycles. The van der Waals surface area contributed by atoms with Crippen LogP contribution in [0.2, 0.25) is 0 Å². The SMILES string of the molecule is COC(=O)C1(C)CC(C2CCS(=O)(=O)C2)CN1. The van der Waals surface area contributed by atoms with E-state index in [0.29, 0.717) is 18.7 Å². The fourth-order valence-electron chi connectivity index (χ4n) is 2.93. The molecule has 98 valence electrons. The van der Waals surface area contributed by atoms with Gasteiger partial charge < -0.3 is 10.1 Å². The number of nitrogens with one attached hydrogen (secondary N) is 1. The van der Waals surface area contributed by atoms with Crippen LogP contribution in [-0.2, 0) is 19.4 Å². The van der Waals surface area contributed by atoms with E-state index in [1.165, 1.54) is 7.11 Å². The molecular weight excluding hydrogens is 242 g/mol. The van der Waals surface area contributed by atoms with Gasteiger partial charge in [0.05, 0.1) is 18.6 Å². The van der Waals surface area contributed by atoms with Gasteiger partial charge in [-0.3, -0.25) is 4.79 Å². The maximum Gasteiger partial charge on any atom is 0.325 e. The highest BCUT2D eigenvalue weighted by Gasteiger charge is 2.46. The Morgan fingerprint density at radius 1 is 1.41 bits per heavy atom. The van der Waals surface area contributed by atoms with Gasteiger partial charge in [0.15, 0.2) is 9.84 Å². The van der Waals surface area contributed by atoms with Gasteiger partial charge in [-0.05, 0) is 38.1 Å². The molecule has 2 fully saturated rings. The van der Waals surface area contributed by atoms with E-state index in [1.54, 1.807) is 0 Å². The predicted molar refractivity (Wildman–Crippen MR) is 63.3 cm³/mol. The molecule has 3 unspecified atom stereocenters. The Morgan fingerprint density at radius 3 is 2.65 bits per heavy atom. The van der Waals surface area contributed by atoms with Crippen LogP contribution in [0.15, 0.2) is 0 Å². The Morgan fingerprint density at radius 2 is 2.12 bits per heavy atom. The van der Waals surface area contributed by atoms with Crippen molar-refractivity contribution in [1.29, 1.82) is 0 Å². The fourth-order valence-corrected chi connectivity index (χ4v) is 4.85. The topological polar surface area (TPSA) is 72.5 Å². The van der Waals surface area contributed by atoms with Gasteiger partial charge in [-0.1, -0.05) is 0 Å². The highest BCUT2D eigenvalue weighted by Crippen LogP contribution is 2.35. The number of hydrogen-bond donors (Lipinski definition) is 1. The van der Waals surface area contributed by atoms with Crippen LogP contribution in [0.4, 0.5) is 0 Å². The van der Waals surface area contributed by atoms with Crippen LogP contribution in [-0.4, -0.2) is 45.1 Å². The summed E-state index contributed by atoms with van der Waals surface area (Å²) in [6, 6.07) is 0. The number of methoxy groups -OCH3 is 1. The van der Waals surface area contributed by atoms with Gasteiger partial charge in [0.2, 0.25) is 0 Å². The van der Waals surface area contributed by atoms with Crippen molar-refractivity contribution in [2.24, 2.45) is 11.8 Å². The first-order valence-corrected chi connectivity index (χ1v) is 7.72. The summed E-state index contributed by atoms with van der Waals surface area (Å²) in [7, 11) is -1.46. The van der Waals surface area contributed by atoms with Gasteiger partial charge in [-0.25, -0.2) is 8.42 Å². The van der Waals surface area contributed by atoms with Crippen molar-refractivity contribution < 1.29 is 17.9 Å². The third-order valence-corrected chi connectivity index (χ3v) is 5.79. The van der Waals surface area contributed by atoms with Crippen LogP contribution in [0.3, 0.4) is 0 Å². The van der Waals surface area contributed by atoms with E-state index in [2.05, 4.69) is 5.32 Å². The molecule has 1 N–H and O–H groups in total. The molecule has 0 aromatic rings. The van der Waals surface area contributed by atoms with E-state index in [9.17, 15) is 13.2 Å². The Kier molecular flexibility index (Phi) is 3.20. The van der Waals surface area contributed by atoms with Gasteiger partial charge >= 0.3 is 5.97 Å². The number of carbonyl (C=O) groups is 1. The number of carbonyl (C=O) groups excluding carboxylic acids is 1. The summed E-state index contributed by atoms with van der Waals surface area (Å²) in [5, 5.41) is 3.17. The number of esters is 1. The minimum Gasteiger partial charge on any atom is -0.468 e. The van der Waals surface area contributed by atoms with Crippen LogP contribution in [0.25, 0.3) is 0 Å². The average molecular weight is 261 g/mol. The number of sulfone groups is 1. The zero-order chi connectivity index (χ0) is 12.7. The second-order valence-electron chi connectivity index (χ2n) is 5.33. The average Bonchev–Trinajstić information content (AvgIpc) is 2.82. The fraction of sp³-hybridized carbons (Fsp3) is 0.909. The van der Waals surface area contributed by atoms with Crippen LogP contribution in [0, 0.1) is 11.8 Å². The summed E-state index contributed by atoms with van der Waals surface area (Å²) in [5.74, 6) is 0.760. The lowest BCUT2D eigenvalue weighted by molar-refractivity contribution is -0.147. The van der Waals surface area contributed by atoms with Gasteiger partial charge in [0, 0.05) is 0 Å². The van der Waals surface area contributed by atoms with Crippen molar-refractivity contribution in [2.45, 2.75) is 25.3 Å². The highest BCUT2D eigenvalue weighted by atomic mass is 32.2. The van der Waals surface area contributed by atoms with Crippen LogP contribution in [0.5, 0.6) is 0 Å². The molecule has 2 heterocycles. The third-order valence-electron chi connectivity index (χ3n) is 4.00. The maximum absolute atomic E-state index is 11.6. The van der Waals surface area contributed by atoms with E-state index in [0.717, 1.165) is 6.42 Å². The Bertz CT molecular complexity index is 419. The van der Waals surface area contributed by atoms with Crippen molar-refractivity contribution in [3.8, 4) is 0 Å². The third kappa shape index (κ3) is 2.47. The molecule has 17 heavy (non-hydrogen) atoms. The van der Waals surface area contributed by atoms with Crippen molar-refractivity contribution in [3.63, 3.8) is 0 Å². The van der Waals surface area contributed by atoms with Crippen molar-refractivity contribution >= 4 is 15.8 Å². The molecule has 0 saturated carbocycles. The predicted octanol–water partition coefficient (Wildman–Crippen LogP) is -0.0377. The number of hydrogen-bond acceptors (Lipinski definition) is 5. The molecule has 2 rings (SSSR count). The number of rotatable bonds is 2. The molecule has 2 aliphatic heterocycles. The molecule has 0 radical (unpaired) electrons. The minimum absolute atomic E-state index is 0.194. The summed E-state index contributed by atoms with van der Waals surface area (Å²) in [6.45, 7) is 2.52. The lowest BCUT2D eigenvalue weighted by atomic mass is 9.86. The zero-order valence-corrected chi connectivity index (χ0v) is 11.0. The van der Waals surface area contributed by atoms with Gasteiger partial charge in [0.1, 0.15) is 5.54 Å². The second kappa shape index (κ2) is 4.24. The Labute approximate surface area is 102 Å². The van der Waals surface area contributed by atoms with Crippen LogP contribution >= 0.6 is 0 Å². The maximum atomic E-state index is 11.6. The van der Waals surface area contributed by atoms with E-state index in [4.69, 9.17) is 4.74 Å². The normalized spacial score (nSPS) is 40.4. The van der Waals surface area contributed by atoms with Crippen molar-refractivity contribution in [3.05, 3.63) is 0 Å². The summed E-state index contributed by atoms with van der Waals surface area (Å²) < 4.78 is 27.6. The molecule has 0 bridgehead atoms. The molecule has 2 aliphatic rings. The Balaban J connectivity index is 2.01. The smallest absolute Gasteiger partial charge is 0.325 e. The molecule has 3 atom stereocenters. The summed E-state index contributed by atoms with van der Waals surface area (Å²) in [4.78, 5) is 11.6. The van der Waals surface area contributed by atoms with Crippen molar-refractivity contribution in [1.82, 2.24) is 5.32 Å². The summed E-state index contributed by atoms with van der Waals surface area (Å²) in [5.41, 5.74) is -0.647. The van der Waals surface area contributed by atoms with Crippen molar-refractivity contribution in [2.75, 3.05) is 25.2 Å². The van der Waals surface area contributed by atoms with E-state index >= 15 is 0 Å². The lowest BCUT2D eigenvalue weighted by Crippen LogP contribution is -2.45. The van der Waals surface area contributed by atoms with Crippen LogP contribution < -0.4 is 5.32 Å². The highest BCUT2D eigenvalue weighted by molar-refractivity contribution is 7.91. The first kappa shape index (κ1) is 12.8. The Hall–Kier alpha value is -0.620. The minimum atomic E-state index is -2.84. The van der Waals surface area contributed by atoms with Gasteiger partial charge in [-0.15, -0.1) is 0 Å². The first-order valence-electron chi connectivity index (χ1n) is 5.90. The number of ether oxygens (including phenoxy) is 1. The summed E-state index contributed by atoms with van der Waals surface area (Å²) >= 11 is 0. The molecule has 0 aromatic heterocycles. The molecule has 5 nitrogen and oxygen atoms in total. The van der Waals surface area contributed by atoms with Gasteiger partial charge in [-0.2, -0.15) is 0 Å².